The number of nitrogens with zero attached hydrogens (tertiary/aromatic N) is 6. The first kappa shape index (κ1) is 10.5. The van der Waals surface area contributed by atoms with Crippen LogP contribution in [0.3, 0.4) is 0 Å². The van der Waals surface area contributed by atoms with Crippen molar-refractivity contribution < 1.29 is 0 Å². The van der Waals surface area contributed by atoms with Gasteiger partial charge in [-0.15, -0.1) is 10.2 Å². The lowest BCUT2D eigenvalue weighted by atomic mass is 10.6. The summed E-state index contributed by atoms with van der Waals surface area (Å²) in [7, 11) is 0. The highest BCUT2D eigenvalue weighted by Gasteiger charge is 2.00. The van der Waals surface area contributed by atoms with Crippen molar-refractivity contribution in [2.24, 2.45) is 10.2 Å². The second-order valence-corrected chi connectivity index (χ2v) is 3.21. The molecule has 0 fully saturated rings. The molecule has 2 rings (SSSR count). The summed E-state index contributed by atoms with van der Waals surface area (Å²) in [6, 6.07) is 3.67. The highest BCUT2D eigenvalue weighted by atomic mass is 15.4. The SMILES string of the molecule is CCn1nccc1N=Nc1ccnn1CC. The molecule has 2 aromatic rings. The van der Waals surface area contributed by atoms with Gasteiger partial charge in [-0.1, -0.05) is 0 Å². The van der Waals surface area contributed by atoms with Gasteiger partial charge in [-0.25, -0.2) is 9.36 Å². The average Bonchev–Trinajstić information content (AvgIpc) is 2.94. The molecule has 0 saturated heterocycles. The molecule has 0 aromatic carbocycles. The van der Waals surface area contributed by atoms with Gasteiger partial charge in [-0.3, -0.25) is 0 Å². The van der Waals surface area contributed by atoms with E-state index in [1.807, 2.05) is 26.0 Å². The summed E-state index contributed by atoms with van der Waals surface area (Å²) >= 11 is 0. The number of hydrogen-bond acceptors (Lipinski definition) is 4. The van der Waals surface area contributed by atoms with Crippen molar-refractivity contribution in [1.29, 1.82) is 0 Å². The fourth-order valence-electron chi connectivity index (χ4n) is 1.41. The Morgan fingerprint density at radius 3 is 1.75 bits per heavy atom. The maximum absolute atomic E-state index is 4.15. The van der Waals surface area contributed by atoms with Gasteiger partial charge >= 0.3 is 0 Å². The average molecular weight is 218 g/mol. The molecule has 6 heteroatoms. The summed E-state index contributed by atoms with van der Waals surface area (Å²) in [4.78, 5) is 0. The van der Waals surface area contributed by atoms with Crippen molar-refractivity contribution in [2.45, 2.75) is 26.9 Å². The van der Waals surface area contributed by atoms with Crippen LogP contribution >= 0.6 is 0 Å². The summed E-state index contributed by atoms with van der Waals surface area (Å²) in [6.07, 6.45) is 3.43. The minimum Gasteiger partial charge on any atom is -0.247 e. The fraction of sp³-hybridized carbons (Fsp3) is 0.400. The predicted octanol–water partition coefficient (Wildman–Crippen LogP) is 2.53. The highest BCUT2D eigenvalue weighted by molar-refractivity contribution is 5.29. The summed E-state index contributed by atoms with van der Waals surface area (Å²) in [6.45, 7) is 5.60. The quantitative estimate of drug-likeness (QED) is 0.740. The molecule has 0 amide bonds. The van der Waals surface area contributed by atoms with Crippen LogP contribution in [0.1, 0.15) is 13.8 Å². The van der Waals surface area contributed by atoms with E-state index >= 15 is 0 Å². The van der Waals surface area contributed by atoms with Crippen LogP contribution in [0, 0.1) is 0 Å². The Bertz CT molecular complexity index is 437. The summed E-state index contributed by atoms with van der Waals surface area (Å²) in [5.74, 6) is 1.51. The van der Waals surface area contributed by atoms with Crippen LogP contribution in [0.5, 0.6) is 0 Å². The van der Waals surface area contributed by atoms with E-state index in [-0.39, 0.29) is 0 Å². The summed E-state index contributed by atoms with van der Waals surface area (Å²) in [5, 5.41) is 16.5. The van der Waals surface area contributed by atoms with Crippen LogP contribution in [-0.4, -0.2) is 19.6 Å². The van der Waals surface area contributed by atoms with Gasteiger partial charge in [0.05, 0.1) is 12.4 Å². The molecule has 0 aliphatic heterocycles. The second-order valence-electron chi connectivity index (χ2n) is 3.21. The molecule has 0 N–H and O–H groups in total. The van der Waals surface area contributed by atoms with E-state index in [9.17, 15) is 0 Å². The zero-order chi connectivity index (χ0) is 11.4. The smallest absolute Gasteiger partial charge is 0.173 e. The molecule has 0 unspecified atom stereocenters. The van der Waals surface area contributed by atoms with Gasteiger partial charge in [0.1, 0.15) is 0 Å². The van der Waals surface area contributed by atoms with Crippen molar-refractivity contribution in [3.05, 3.63) is 24.5 Å². The van der Waals surface area contributed by atoms with Crippen molar-refractivity contribution >= 4 is 11.6 Å². The molecule has 0 radical (unpaired) electrons. The van der Waals surface area contributed by atoms with Gasteiger partial charge in [0.15, 0.2) is 11.6 Å². The molecule has 6 nitrogen and oxygen atoms in total. The molecular formula is C10H14N6. The van der Waals surface area contributed by atoms with Crippen molar-refractivity contribution in [2.75, 3.05) is 0 Å². The standard InChI is InChI=1S/C10H14N6/c1-3-15-9(5-7-11-15)13-14-10-6-8-12-16(10)4-2/h5-8H,3-4H2,1-2H3. The monoisotopic (exact) mass is 218 g/mol. The number of aromatic nitrogens is 4. The van der Waals surface area contributed by atoms with Crippen LogP contribution in [0.15, 0.2) is 34.8 Å². The first-order valence-corrected chi connectivity index (χ1v) is 5.30. The van der Waals surface area contributed by atoms with Gasteiger partial charge in [0, 0.05) is 25.2 Å². The van der Waals surface area contributed by atoms with E-state index in [1.54, 1.807) is 21.8 Å². The predicted molar refractivity (Wildman–Crippen MR) is 60.0 cm³/mol. The topological polar surface area (TPSA) is 60.4 Å². The molecule has 0 spiro atoms. The van der Waals surface area contributed by atoms with Crippen LogP contribution in [0.25, 0.3) is 0 Å². The van der Waals surface area contributed by atoms with Gasteiger partial charge in [-0.2, -0.15) is 10.2 Å². The van der Waals surface area contributed by atoms with E-state index in [2.05, 4.69) is 20.4 Å². The molecular weight excluding hydrogens is 204 g/mol. The van der Waals surface area contributed by atoms with E-state index in [4.69, 9.17) is 0 Å². The van der Waals surface area contributed by atoms with Crippen molar-refractivity contribution in [1.82, 2.24) is 19.6 Å². The van der Waals surface area contributed by atoms with Gasteiger partial charge < -0.3 is 0 Å². The molecule has 2 aromatic heterocycles. The van der Waals surface area contributed by atoms with Crippen LogP contribution in [0.2, 0.25) is 0 Å². The van der Waals surface area contributed by atoms with E-state index in [0.717, 1.165) is 24.7 Å². The molecule has 0 atom stereocenters. The molecule has 0 bridgehead atoms. The van der Waals surface area contributed by atoms with Gasteiger partial charge in [0.2, 0.25) is 0 Å². The fourth-order valence-corrected chi connectivity index (χ4v) is 1.41. The lowest BCUT2D eigenvalue weighted by Gasteiger charge is -1.98. The molecule has 16 heavy (non-hydrogen) atoms. The number of aryl methyl sites for hydroxylation is 2. The third-order valence-electron chi connectivity index (χ3n) is 2.24. The molecule has 2 heterocycles. The first-order valence-electron chi connectivity index (χ1n) is 5.30. The van der Waals surface area contributed by atoms with Gasteiger partial charge in [-0.05, 0) is 13.8 Å². The highest BCUT2D eigenvalue weighted by Crippen LogP contribution is 2.17. The number of hydrogen-bond donors (Lipinski definition) is 0. The lowest BCUT2D eigenvalue weighted by molar-refractivity contribution is 0.649. The van der Waals surface area contributed by atoms with E-state index in [0.29, 0.717) is 0 Å². The Balaban J connectivity index is 2.21. The van der Waals surface area contributed by atoms with Gasteiger partial charge in [0.25, 0.3) is 0 Å². The van der Waals surface area contributed by atoms with Crippen LogP contribution in [0.4, 0.5) is 11.6 Å². The maximum atomic E-state index is 4.15. The Labute approximate surface area is 93.6 Å². The Morgan fingerprint density at radius 2 is 1.38 bits per heavy atom. The Morgan fingerprint density at radius 1 is 0.938 bits per heavy atom. The third-order valence-corrected chi connectivity index (χ3v) is 2.24. The lowest BCUT2D eigenvalue weighted by Crippen LogP contribution is -1.95. The molecule has 0 aliphatic rings. The summed E-state index contributed by atoms with van der Waals surface area (Å²) < 4.78 is 3.58. The minimum absolute atomic E-state index is 0.756. The Kier molecular flexibility index (Phi) is 3.09. The van der Waals surface area contributed by atoms with E-state index < -0.39 is 0 Å². The van der Waals surface area contributed by atoms with Crippen LogP contribution < -0.4 is 0 Å². The maximum Gasteiger partial charge on any atom is 0.173 e. The number of azo groups is 1. The first-order chi connectivity index (χ1) is 7.85. The molecule has 84 valence electrons. The largest absolute Gasteiger partial charge is 0.247 e. The third kappa shape index (κ3) is 2.00. The molecule has 0 aliphatic carbocycles. The molecule has 0 saturated carbocycles. The number of rotatable bonds is 4. The van der Waals surface area contributed by atoms with E-state index in [1.165, 1.54) is 0 Å². The Hall–Kier alpha value is -1.98. The second kappa shape index (κ2) is 4.69. The normalized spacial score (nSPS) is 11.4. The van der Waals surface area contributed by atoms with Crippen LogP contribution in [-0.2, 0) is 13.1 Å². The zero-order valence-electron chi connectivity index (χ0n) is 9.41. The van der Waals surface area contributed by atoms with Crippen molar-refractivity contribution in [3.63, 3.8) is 0 Å². The van der Waals surface area contributed by atoms with Crippen molar-refractivity contribution in [3.8, 4) is 0 Å². The summed E-state index contributed by atoms with van der Waals surface area (Å²) in [5.41, 5.74) is 0. The zero-order valence-corrected chi connectivity index (χ0v) is 9.41. The minimum atomic E-state index is 0.756.